The molecule has 0 heterocycles. The van der Waals surface area contributed by atoms with Crippen LogP contribution < -0.4 is 0 Å². The van der Waals surface area contributed by atoms with E-state index in [1.807, 2.05) is 0 Å². The fraction of sp³-hybridized carbons (Fsp3) is 1.00. The monoisotopic (exact) mass is 348 g/mol. The highest BCUT2D eigenvalue weighted by Gasteiger charge is 2.33. The van der Waals surface area contributed by atoms with E-state index in [2.05, 4.69) is 34.6 Å². The van der Waals surface area contributed by atoms with Gasteiger partial charge in [0.1, 0.15) is 0 Å². The molecule has 0 aromatic carbocycles. The van der Waals surface area contributed by atoms with Gasteiger partial charge in [0.05, 0.1) is 0 Å². The summed E-state index contributed by atoms with van der Waals surface area (Å²) < 4.78 is 0. The van der Waals surface area contributed by atoms with Crippen LogP contribution in [0.5, 0.6) is 0 Å². The molecule has 2 rings (SSSR count). The molecule has 25 heavy (non-hydrogen) atoms. The van der Waals surface area contributed by atoms with Crippen molar-refractivity contribution in [2.75, 3.05) is 0 Å². The summed E-state index contributed by atoms with van der Waals surface area (Å²) >= 11 is 0. The third-order valence-corrected chi connectivity index (χ3v) is 8.37. The Kier molecular flexibility index (Phi) is 8.83. The first kappa shape index (κ1) is 21.3. The summed E-state index contributed by atoms with van der Waals surface area (Å²) in [5, 5.41) is 0. The summed E-state index contributed by atoms with van der Waals surface area (Å²) in [6.45, 7) is 12.7. The van der Waals surface area contributed by atoms with Crippen LogP contribution in [0.3, 0.4) is 0 Å². The Balaban J connectivity index is 2.10. The predicted molar refractivity (Wildman–Crippen MR) is 113 cm³/mol. The lowest BCUT2D eigenvalue weighted by molar-refractivity contribution is 0.120. The molecule has 2 fully saturated rings. The van der Waals surface area contributed by atoms with Gasteiger partial charge < -0.3 is 0 Å². The molecular weight excluding hydrogens is 300 g/mol. The summed E-state index contributed by atoms with van der Waals surface area (Å²) in [7, 11) is 0. The highest BCUT2D eigenvalue weighted by atomic mass is 14.4. The van der Waals surface area contributed by atoms with Gasteiger partial charge in [-0.2, -0.15) is 0 Å². The van der Waals surface area contributed by atoms with Gasteiger partial charge in [0, 0.05) is 0 Å². The van der Waals surface area contributed by atoms with Crippen molar-refractivity contribution in [3.05, 3.63) is 0 Å². The second-order valence-corrected chi connectivity index (χ2v) is 10.6. The Labute approximate surface area is 159 Å². The molecule has 0 radical (unpaired) electrons. The van der Waals surface area contributed by atoms with Gasteiger partial charge in [0.2, 0.25) is 0 Å². The van der Waals surface area contributed by atoms with E-state index in [0.29, 0.717) is 5.41 Å². The molecule has 0 aliphatic heterocycles. The third-order valence-electron chi connectivity index (χ3n) is 8.37. The molecule has 0 bridgehead atoms. The molecule has 2 aliphatic rings. The highest BCUT2D eigenvalue weighted by Crippen LogP contribution is 2.45. The van der Waals surface area contributed by atoms with Crippen molar-refractivity contribution in [3.63, 3.8) is 0 Å². The van der Waals surface area contributed by atoms with Crippen LogP contribution in [0.2, 0.25) is 0 Å². The summed E-state index contributed by atoms with van der Waals surface area (Å²) in [5.74, 6) is 4.80. The molecule has 2 saturated carbocycles. The number of rotatable bonds is 2. The molecule has 0 nitrogen and oxygen atoms in total. The van der Waals surface area contributed by atoms with Crippen molar-refractivity contribution in [3.8, 4) is 0 Å². The Hall–Kier alpha value is 0. The SMILES string of the molecule is CCC1(C)CC(C)CC(C2CCCCCCC2)CC(C)CCCC1C. The molecular formula is C25H48. The molecule has 5 unspecified atom stereocenters. The van der Waals surface area contributed by atoms with Gasteiger partial charge in [0.25, 0.3) is 0 Å². The van der Waals surface area contributed by atoms with Crippen LogP contribution in [-0.2, 0) is 0 Å². The van der Waals surface area contributed by atoms with Gasteiger partial charge in [-0.3, -0.25) is 0 Å². The maximum Gasteiger partial charge on any atom is -0.0300 e. The van der Waals surface area contributed by atoms with Crippen LogP contribution in [0.1, 0.15) is 125 Å². The molecule has 0 aromatic heterocycles. The zero-order chi connectivity index (χ0) is 18.3. The largest absolute Gasteiger partial charge is 0.0649 e. The van der Waals surface area contributed by atoms with E-state index in [-0.39, 0.29) is 0 Å². The molecule has 0 heteroatoms. The molecule has 2 aliphatic carbocycles. The van der Waals surface area contributed by atoms with E-state index >= 15 is 0 Å². The van der Waals surface area contributed by atoms with Crippen molar-refractivity contribution in [1.82, 2.24) is 0 Å². The zero-order valence-electron chi connectivity index (χ0n) is 18.3. The Bertz CT molecular complexity index is 351. The number of hydrogen-bond acceptors (Lipinski definition) is 0. The summed E-state index contributed by atoms with van der Waals surface area (Å²) in [5.41, 5.74) is 0.568. The lowest BCUT2D eigenvalue weighted by Crippen LogP contribution is -2.28. The van der Waals surface area contributed by atoms with E-state index < -0.39 is 0 Å². The lowest BCUT2D eigenvalue weighted by atomic mass is 9.67. The van der Waals surface area contributed by atoms with E-state index in [9.17, 15) is 0 Å². The molecule has 0 N–H and O–H groups in total. The molecule has 5 atom stereocenters. The van der Waals surface area contributed by atoms with Gasteiger partial charge in [-0.1, -0.05) is 105 Å². The minimum atomic E-state index is 0.568. The summed E-state index contributed by atoms with van der Waals surface area (Å²) in [6, 6.07) is 0. The molecule has 148 valence electrons. The quantitative estimate of drug-likeness (QED) is 0.468. The van der Waals surface area contributed by atoms with Crippen LogP contribution in [-0.4, -0.2) is 0 Å². The lowest BCUT2D eigenvalue weighted by Gasteiger charge is -2.38. The maximum atomic E-state index is 2.60. The van der Waals surface area contributed by atoms with Gasteiger partial charge >= 0.3 is 0 Å². The Morgan fingerprint density at radius 3 is 1.92 bits per heavy atom. The van der Waals surface area contributed by atoms with Gasteiger partial charge in [-0.25, -0.2) is 0 Å². The van der Waals surface area contributed by atoms with E-state index in [1.165, 1.54) is 89.9 Å². The van der Waals surface area contributed by atoms with Crippen LogP contribution in [0.4, 0.5) is 0 Å². The van der Waals surface area contributed by atoms with Crippen molar-refractivity contribution in [2.45, 2.75) is 125 Å². The van der Waals surface area contributed by atoms with E-state index in [1.54, 1.807) is 0 Å². The third kappa shape index (κ3) is 6.59. The minimum Gasteiger partial charge on any atom is -0.0649 e. The zero-order valence-corrected chi connectivity index (χ0v) is 18.3. The smallest absolute Gasteiger partial charge is 0.0300 e. The van der Waals surface area contributed by atoms with E-state index in [0.717, 1.165) is 29.6 Å². The molecule has 0 saturated heterocycles. The predicted octanol–water partition coefficient (Wildman–Crippen LogP) is 8.64. The Morgan fingerprint density at radius 1 is 0.680 bits per heavy atom. The van der Waals surface area contributed by atoms with Gasteiger partial charge in [-0.05, 0) is 54.3 Å². The first-order chi connectivity index (χ1) is 11.9. The average molecular weight is 349 g/mol. The minimum absolute atomic E-state index is 0.568. The standard InChI is InChI=1S/C25H48/c1-6-25(5)19-21(3)18-24(17-20(2)13-12-14-22(25)4)23-15-10-8-7-9-11-16-23/h20-24H,6-19H2,1-5H3. The summed E-state index contributed by atoms with van der Waals surface area (Å²) in [4.78, 5) is 0. The van der Waals surface area contributed by atoms with Crippen LogP contribution >= 0.6 is 0 Å². The fourth-order valence-corrected chi connectivity index (χ4v) is 6.29. The van der Waals surface area contributed by atoms with Crippen molar-refractivity contribution >= 4 is 0 Å². The normalized spacial score (nSPS) is 40.7. The second-order valence-electron chi connectivity index (χ2n) is 10.6. The summed E-state index contributed by atoms with van der Waals surface area (Å²) in [6.07, 6.45) is 20.8. The average Bonchev–Trinajstić information content (AvgIpc) is 2.54. The van der Waals surface area contributed by atoms with Crippen LogP contribution in [0.25, 0.3) is 0 Å². The van der Waals surface area contributed by atoms with Crippen molar-refractivity contribution in [2.24, 2.45) is 35.0 Å². The molecule has 0 amide bonds. The topological polar surface area (TPSA) is 0 Å². The van der Waals surface area contributed by atoms with Crippen molar-refractivity contribution in [1.29, 1.82) is 0 Å². The first-order valence-corrected chi connectivity index (χ1v) is 11.9. The highest BCUT2D eigenvalue weighted by molar-refractivity contribution is 4.84. The molecule has 0 aromatic rings. The second kappa shape index (κ2) is 10.4. The Morgan fingerprint density at radius 2 is 1.28 bits per heavy atom. The van der Waals surface area contributed by atoms with Crippen LogP contribution in [0.15, 0.2) is 0 Å². The number of hydrogen-bond donors (Lipinski definition) is 0. The first-order valence-electron chi connectivity index (χ1n) is 11.9. The van der Waals surface area contributed by atoms with Crippen molar-refractivity contribution < 1.29 is 0 Å². The van der Waals surface area contributed by atoms with Gasteiger partial charge in [0.15, 0.2) is 0 Å². The van der Waals surface area contributed by atoms with Crippen LogP contribution in [0, 0.1) is 35.0 Å². The molecule has 0 spiro atoms. The van der Waals surface area contributed by atoms with Gasteiger partial charge in [-0.15, -0.1) is 0 Å². The fourth-order valence-electron chi connectivity index (χ4n) is 6.29. The van der Waals surface area contributed by atoms with E-state index in [4.69, 9.17) is 0 Å². The maximum absolute atomic E-state index is 2.60.